The van der Waals surface area contributed by atoms with Gasteiger partial charge in [0, 0.05) is 35.9 Å². The first-order valence-electron chi connectivity index (χ1n) is 9.16. The van der Waals surface area contributed by atoms with Gasteiger partial charge < -0.3 is 16.0 Å². The summed E-state index contributed by atoms with van der Waals surface area (Å²) in [5.74, 6) is -2.54. The Labute approximate surface area is 164 Å². The summed E-state index contributed by atoms with van der Waals surface area (Å²) < 4.78 is 26.6. The number of anilines is 3. The van der Waals surface area contributed by atoms with Crippen LogP contribution in [-0.4, -0.2) is 36.1 Å². The number of rotatable bonds is 5. The molecule has 10 heteroatoms. The highest BCUT2D eigenvalue weighted by Crippen LogP contribution is 2.55. The van der Waals surface area contributed by atoms with E-state index in [0.717, 1.165) is 22.2 Å². The highest BCUT2D eigenvalue weighted by Gasteiger charge is 2.58. The quantitative estimate of drug-likeness (QED) is 0.408. The monoisotopic (exact) mass is 396 g/mol. The van der Waals surface area contributed by atoms with Crippen molar-refractivity contribution in [2.24, 2.45) is 0 Å². The fourth-order valence-corrected chi connectivity index (χ4v) is 3.47. The molecule has 3 heterocycles. The van der Waals surface area contributed by atoms with Crippen LogP contribution in [0, 0.1) is 0 Å². The number of aromatic nitrogens is 6. The SMILES string of the molecule is C[C@@H](c1ccc2[nH]cnc2c1)c1cnc(N)nc1Nc1cc([C@H]2CC2(F)F)[nH]n1. The predicted octanol–water partition coefficient (Wildman–Crippen LogP) is 3.68. The Bertz CT molecular complexity index is 1200. The molecular formula is C19H18F2N8. The highest BCUT2D eigenvalue weighted by atomic mass is 19.3. The Kier molecular flexibility index (Phi) is 3.76. The number of nitrogens with zero attached hydrogens (tertiary/aromatic N) is 4. The van der Waals surface area contributed by atoms with Gasteiger partial charge in [-0.3, -0.25) is 5.10 Å². The maximum absolute atomic E-state index is 13.3. The molecule has 0 amide bonds. The number of benzene rings is 1. The van der Waals surface area contributed by atoms with Crippen LogP contribution in [0.25, 0.3) is 11.0 Å². The van der Waals surface area contributed by atoms with Crippen molar-refractivity contribution in [3.8, 4) is 0 Å². The Hall–Kier alpha value is -3.56. The molecule has 1 fully saturated rings. The summed E-state index contributed by atoms with van der Waals surface area (Å²) >= 11 is 0. The summed E-state index contributed by atoms with van der Waals surface area (Å²) in [6.07, 6.45) is 3.15. The maximum atomic E-state index is 13.3. The minimum absolute atomic E-state index is 0.0645. The highest BCUT2D eigenvalue weighted by molar-refractivity contribution is 5.75. The molecule has 0 aliphatic heterocycles. The average Bonchev–Trinajstić information content (AvgIpc) is 3.08. The Morgan fingerprint density at radius 1 is 1.28 bits per heavy atom. The number of hydrogen-bond donors (Lipinski definition) is 4. The summed E-state index contributed by atoms with van der Waals surface area (Å²) in [6, 6.07) is 7.55. The van der Waals surface area contributed by atoms with Crippen molar-refractivity contribution >= 4 is 28.6 Å². The van der Waals surface area contributed by atoms with Gasteiger partial charge in [0.25, 0.3) is 5.92 Å². The molecule has 0 unspecified atom stereocenters. The third-order valence-corrected chi connectivity index (χ3v) is 5.29. The summed E-state index contributed by atoms with van der Waals surface area (Å²) in [5, 5.41) is 9.85. The fraction of sp³-hybridized carbons (Fsp3) is 0.263. The first kappa shape index (κ1) is 17.5. The number of aromatic amines is 2. The van der Waals surface area contributed by atoms with Gasteiger partial charge in [0.05, 0.1) is 23.3 Å². The average molecular weight is 396 g/mol. The van der Waals surface area contributed by atoms with Gasteiger partial charge in [0.2, 0.25) is 5.95 Å². The molecule has 3 aromatic heterocycles. The molecule has 1 aliphatic rings. The van der Waals surface area contributed by atoms with Crippen molar-refractivity contribution in [3.63, 3.8) is 0 Å². The van der Waals surface area contributed by atoms with Crippen molar-refractivity contribution in [1.29, 1.82) is 0 Å². The second-order valence-electron chi connectivity index (χ2n) is 7.28. The Morgan fingerprint density at radius 2 is 2.10 bits per heavy atom. The third kappa shape index (κ3) is 3.16. The van der Waals surface area contributed by atoms with E-state index in [4.69, 9.17) is 5.73 Å². The lowest BCUT2D eigenvalue weighted by Crippen LogP contribution is -2.07. The summed E-state index contributed by atoms with van der Waals surface area (Å²) in [5.41, 5.74) is 9.82. The van der Waals surface area contributed by atoms with Gasteiger partial charge in [-0.15, -0.1) is 0 Å². The number of nitrogens with one attached hydrogen (secondary N) is 3. The molecular weight excluding hydrogens is 378 g/mol. The normalized spacial score (nSPS) is 18.7. The van der Waals surface area contributed by atoms with Crippen molar-refractivity contribution in [2.45, 2.75) is 31.1 Å². The van der Waals surface area contributed by atoms with Crippen LogP contribution in [0.5, 0.6) is 0 Å². The summed E-state index contributed by atoms with van der Waals surface area (Å²) in [4.78, 5) is 15.8. The Balaban J connectivity index is 1.45. The number of nitrogens with two attached hydrogens (primary N) is 1. The van der Waals surface area contributed by atoms with Crippen LogP contribution in [0.1, 0.15) is 42.0 Å². The van der Waals surface area contributed by atoms with Crippen molar-refractivity contribution < 1.29 is 8.78 Å². The number of nitrogen functional groups attached to an aromatic ring is 1. The standard InChI is InChI=1S/C19H18F2N8/c1-9(10-2-3-13-15(4-10)25-8-24-13)11-7-23-18(22)27-17(11)26-16-5-14(28-29-16)12-6-19(12,20)21/h2-5,7-9,12H,6H2,1H3,(H,24,25)(H4,22,23,26,27,28,29)/t9-,12+/m0/s1. The lowest BCUT2D eigenvalue weighted by molar-refractivity contribution is 0.111. The van der Waals surface area contributed by atoms with Gasteiger partial charge in [0.1, 0.15) is 5.82 Å². The van der Waals surface area contributed by atoms with E-state index in [0.29, 0.717) is 17.3 Å². The number of alkyl halides is 2. The van der Waals surface area contributed by atoms with Crippen LogP contribution < -0.4 is 11.1 Å². The fourth-order valence-electron chi connectivity index (χ4n) is 3.47. The van der Waals surface area contributed by atoms with Gasteiger partial charge in [-0.25, -0.2) is 18.7 Å². The van der Waals surface area contributed by atoms with Crippen LogP contribution in [0.15, 0.2) is 36.8 Å². The zero-order valence-electron chi connectivity index (χ0n) is 15.4. The number of fused-ring (bicyclic) bond motifs is 1. The number of imidazole rings is 1. The third-order valence-electron chi connectivity index (χ3n) is 5.29. The predicted molar refractivity (Wildman–Crippen MR) is 104 cm³/mol. The number of halogens is 2. The van der Waals surface area contributed by atoms with Crippen LogP contribution in [0.3, 0.4) is 0 Å². The topological polar surface area (TPSA) is 121 Å². The lowest BCUT2D eigenvalue weighted by atomic mass is 9.94. The molecule has 5 N–H and O–H groups in total. The molecule has 5 rings (SSSR count). The van der Waals surface area contributed by atoms with E-state index in [9.17, 15) is 8.78 Å². The van der Waals surface area contributed by atoms with E-state index in [2.05, 4.69) is 35.5 Å². The maximum Gasteiger partial charge on any atom is 0.257 e. The van der Waals surface area contributed by atoms with E-state index in [1.165, 1.54) is 0 Å². The molecule has 1 saturated carbocycles. The van der Waals surface area contributed by atoms with Gasteiger partial charge in [-0.05, 0) is 17.7 Å². The molecule has 4 aromatic rings. The Morgan fingerprint density at radius 3 is 2.90 bits per heavy atom. The van der Waals surface area contributed by atoms with Crippen LogP contribution in [0.2, 0.25) is 0 Å². The van der Waals surface area contributed by atoms with Gasteiger partial charge in [-0.1, -0.05) is 13.0 Å². The van der Waals surface area contributed by atoms with E-state index >= 15 is 0 Å². The number of hydrogen-bond acceptors (Lipinski definition) is 6. The van der Waals surface area contributed by atoms with Gasteiger partial charge in [-0.2, -0.15) is 10.1 Å². The second-order valence-corrected chi connectivity index (χ2v) is 7.28. The molecule has 0 spiro atoms. The van der Waals surface area contributed by atoms with Gasteiger partial charge >= 0.3 is 0 Å². The van der Waals surface area contributed by atoms with E-state index < -0.39 is 11.8 Å². The second kappa shape index (κ2) is 6.23. The largest absolute Gasteiger partial charge is 0.368 e. The number of H-pyrrole nitrogens is 2. The van der Waals surface area contributed by atoms with Crippen molar-refractivity contribution in [2.75, 3.05) is 11.1 Å². The lowest BCUT2D eigenvalue weighted by Gasteiger charge is -2.16. The summed E-state index contributed by atoms with van der Waals surface area (Å²) in [6.45, 7) is 2.02. The zero-order valence-corrected chi connectivity index (χ0v) is 15.4. The molecule has 0 bridgehead atoms. The van der Waals surface area contributed by atoms with Crippen molar-refractivity contribution in [3.05, 3.63) is 53.6 Å². The van der Waals surface area contributed by atoms with Crippen LogP contribution in [0.4, 0.5) is 26.4 Å². The molecule has 0 saturated heterocycles. The molecule has 0 radical (unpaired) electrons. The minimum Gasteiger partial charge on any atom is -0.368 e. The van der Waals surface area contributed by atoms with Crippen LogP contribution in [-0.2, 0) is 0 Å². The van der Waals surface area contributed by atoms with Crippen LogP contribution >= 0.6 is 0 Å². The molecule has 8 nitrogen and oxygen atoms in total. The van der Waals surface area contributed by atoms with Gasteiger partial charge in [0.15, 0.2) is 5.82 Å². The summed E-state index contributed by atoms with van der Waals surface area (Å²) in [7, 11) is 0. The molecule has 2 atom stereocenters. The molecule has 148 valence electrons. The molecule has 1 aliphatic carbocycles. The van der Waals surface area contributed by atoms with E-state index in [-0.39, 0.29) is 18.3 Å². The molecule has 1 aromatic carbocycles. The van der Waals surface area contributed by atoms with E-state index in [1.54, 1.807) is 18.6 Å². The minimum atomic E-state index is -2.66. The first-order chi connectivity index (χ1) is 13.9. The van der Waals surface area contributed by atoms with Crippen molar-refractivity contribution in [1.82, 2.24) is 30.1 Å². The first-order valence-corrected chi connectivity index (χ1v) is 9.16. The van der Waals surface area contributed by atoms with E-state index in [1.807, 2.05) is 25.1 Å². The molecule has 29 heavy (non-hydrogen) atoms. The smallest absolute Gasteiger partial charge is 0.257 e. The zero-order chi connectivity index (χ0) is 20.2.